The van der Waals surface area contributed by atoms with Crippen molar-refractivity contribution in [2.75, 3.05) is 0 Å². The molecule has 7 heavy (non-hydrogen) atoms. The number of aliphatic hydroxyl groups is 1. The SMILES string of the molecule is CC(C)(C)O.NO. The lowest BCUT2D eigenvalue weighted by atomic mass is 10.2. The molecule has 0 aliphatic carbocycles. The molecule has 0 heterocycles. The Morgan fingerprint density at radius 2 is 1.14 bits per heavy atom. The van der Waals surface area contributed by atoms with Crippen LogP contribution in [0.15, 0.2) is 0 Å². The highest BCUT2D eigenvalue weighted by atomic mass is 16.4. The van der Waals surface area contributed by atoms with E-state index in [1.807, 2.05) is 0 Å². The summed E-state index contributed by atoms with van der Waals surface area (Å²) in [7, 11) is 0. The van der Waals surface area contributed by atoms with Gasteiger partial charge in [-0.15, -0.1) is 0 Å². The highest BCUT2D eigenvalue weighted by Gasteiger charge is 1.97. The van der Waals surface area contributed by atoms with Gasteiger partial charge in [-0.25, -0.2) is 5.90 Å². The van der Waals surface area contributed by atoms with E-state index < -0.39 is 5.60 Å². The van der Waals surface area contributed by atoms with Gasteiger partial charge < -0.3 is 10.3 Å². The average molecular weight is 107 g/mol. The summed E-state index contributed by atoms with van der Waals surface area (Å²) in [6, 6.07) is 0. The first-order valence-electron chi connectivity index (χ1n) is 1.98. The molecule has 0 saturated carbocycles. The van der Waals surface area contributed by atoms with Gasteiger partial charge in [0.1, 0.15) is 0 Å². The third-order valence-corrected chi connectivity index (χ3v) is 0. The van der Waals surface area contributed by atoms with Gasteiger partial charge in [0.25, 0.3) is 0 Å². The second kappa shape index (κ2) is 4.05. The molecule has 0 aromatic heterocycles. The number of nitrogens with two attached hydrogens (primary N) is 1. The quantitative estimate of drug-likeness (QED) is 0.385. The topological polar surface area (TPSA) is 66.5 Å². The minimum absolute atomic E-state index is 0.500. The van der Waals surface area contributed by atoms with Crippen LogP contribution in [0, 0.1) is 0 Å². The molecule has 0 aromatic carbocycles. The first-order valence-corrected chi connectivity index (χ1v) is 1.98. The normalized spacial score (nSPS) is 9.43. The molecule has 0 amide bonds. The molecule has 0 spiro atoms. The van der Waals surface area contributed by atoms with Crippen molar-refractivity contribution in [1.29, 1.82) is 0 Å². The maximum Gasteiger partial charge on any atom is 0.0563 e. The molecule has 46 valence electrons. The largest absolute Gasteiger partial charge is 0.391 e. The zero-order chi connectivity index (χ0) is 6.50. The fourth-order valence-electron chi connectivity index (χ4n) is 0. The molecular weight excluding hydrogens is 94.0 g/mol. The average Bonchev–Trinajstić information content (AvgIpc) is 1.36. The summed E-state index contributed by atoms with van der Waals surface area (Å²) in [6.07, 6.45) is 0. The molecule has 0 radical (unpaired) electrons. The van der Waals surface area contributed by atoms with Gasteiger partial charge in [0.05, 0.1) is 5.60 Å². The molecular formula is C4H13NO2. The van der Waals surface area contributed by atoms with Gasteiger partial charge in [-0.05, 0) is 20.8 Å². The van der Waals surface area contributed by atoms with Gasteiger partial charge in [-0.3, -0.25) is 0 Å². The fourth-order valence-corrected chi connectivity index (χ4v) is 0. The molecule has 4 N–H and O–H groups in total. The van der Waals surface area contributed by atoms with Gasteiger partial charge >= 0.3 is 0 Å². The molecule has 0 fully saturated rings. The van der Waals surface area contributed by atoms with E-state index in [2.05, 4.69) is 5.90 Å². The van der Waals surface area contributed by atoms with Crippen LogP contribution in [0.3, 0.4) is 0 Å². The van der Waals surface area contributed by atoms with Crippen LogP contribution in [-0.4, -0.2) is 15.9 Å². The summed E-state index contributed by atoms with van der Waals surface area (Å²) in [5.74, 6) is 3.50. The van der Waals surface area contributed by atoms with Crippen molar-refractivity contribution in [3.8, 4) is 0 Å². The predicted molar refractivity (Wildman–Crippen MR) is 27.9 cm³/mol. The molecule has 0 bridgehead atoms. The molecule has 0 aromatic rings. The molecule has 0 atom stereocenters. The molecule has 0 saturated heterocycles. The first-order chi connectivity index (χ1) is 3.00. The van der Waals surface area contributed by atoms with E-state index in [0.29, 0.717) is 0 Å². The van der Waals surface area contributed by atoms with E-state index in [9.17, 15) is 0 Å². The molecule has 0 unspecified atom stereocenters. The molecule has 3 heteroatoms. The second-order valence-corrected chi connectivity index (χ2v) is 2.17. The Balaban J connectivity index is 0. The summed E-state index contributed by atoms with van der Waals surface area (Å²) in [5, 5.41) is 15.0. The molecule has 0 rings (SSSR count). The Morgan fingerprint density at radius 3 is 1.14 bits per heavy atom. The first kappa shape index (κ1) is 9.99. The van der Waals surface area contributed by atoms with Crippen LogP contribution in [0.5, 0.6) is 0 Å². The van der Waals surface area contributed by atoms with Crippen LogP contribution in [0.2, 0.25) is 0 Å². The monoisotopic (exact) mass is 107 g/mol. The molecule has 3 nitrogen and oxygen atoms in total. The van der Waals surface area contributed by atoms with Crippen molar-refractivity contribution >= 4 is 0 Å². The standard InChI is InChI=1S/C4H10O.H3NO/c1-4(2,3)5;1-2/h5H,1-3H3;2H,1H2. The lowest BCUT2D eigenvalue weighted by Crippen LogP contribution is -2.10. The number of hydrogen-bond donors (Lipinski definition) is 3. The van der Waals surface area contributed by atoms with Gasteiger partial charge in [0, 0.05) is 0 Å². The third-order valence-electron chi connectivity index (χ3n) is 0. The van der Waals surface area contributed by atoms with Crippen molar-refractivity contribution in [2.45, 2.75) is 26.4 Å². The fraction of sp³-hybridized carbons (Fsp3) is 1.00. The Kier molecular flexibility index (Phi) is 5.78. The van der Waals surface area contributed by atoms with Gasteiger partial charge in [0.2, 0.25) is 0 Å². The van der Waals surface area contributed by atoms with Gasteiger partial charge in [-0.1, -0.05) is 0 Å². The van der Waals surface area contributed by atoms with Gasteiger partial charge in [-0.2, -0.15) is 0 Å². The smallest absolute Gasteiger partial charge is 0.0563 e. The van der Waals surface area contributed by atoms with Crippen molar-refractivity contribution < 1.29 is 10.3 Å². The van der Waals surface area contributed by atoms with Crippen LogP contribution >= 0.6 is 0 Å². The van der Waals surface area contributed by atoms with Crippen molar-refractivity contribution in [3.05, 3.63) is 0 Å². The molecule has 0 aliphatic rings. The van der Waals surface area contributed by atoms with Crippen LogP contribution in [0.25, 0.3) is 0 Å². The Morgan fingerprint density at radius 1 is 1.14 bits per heavy atom. The Hall–Kier alpha value is -0.120. The third kappa shape index (κ3) is 6150. The zero-order valence-electron chi connectivity index (χ0n) is 4.97. The van der Waals surface area contributed by atoms with Crippen LogP contribution in [-0.2, 0) is 0 Å². The van der Waals surface area contributed by atoms with E-state index >= 15 is 0 Å². The van der Waals surface area contributed by atoms with Crippen LogP contribution < -0.4 is 5.90 Å². The van der Waals surface area contributed by atoms with Crippen molar-refractivity contribution in [3.63, 3.8) is 0 Å². The van der Waals surface area contributed by atoms with E-state index in [0.717, 1.165) is 0 Å². The summed E-state index contributed by atoms with van der Waals surface area (Å²) >= 11 is 0. The maximum absolute atomic E-state index is 8.52. The predicted octanol–water partition coefficient (Wildman–Crippen LogP) is 0.111. The van der Waals surface area contributed by atoms with E-state index in [4.69, 9.17) is 10.3 Å². The second-order valence-electron chi connectivity index (χ2n) is 2.17. The van der Waals surface area contributed by atoms with Crippen LogP contribution in [0.1, 0.15) is 20.8 Å². The summed E-state index contributed by atoms with van der Waals surface area (Å²) in [6.45, 7) is 5.23. The zero-order valence-corrected chi connectivity index (χ0v) is 4.97. The van der Waals surface area contributed by atoms with Gasteiger partial charge in [0.15, 0.2) is 0 Å². The number of rotatable bonds is 0. The van der Waals surface area contributed by atoms with Crippen LogP contribution in [0.4, 0.5) is 0 Å². The summed E-state index contributed by atoms with van der Waals surface area (Å²) in [4.78, 5) is 0. The van der Waals surface area contributed by atoms with E-state index in [1.54, 1.807) is 20.8 Å². The lowest BCUT2D eigenvalue weighted by Gasteiger charge is -2.04. The minimum atomic E-state index is -0.500. The van der Waals surface area contributed by atoms with Crippen molar-refractivity contribution in [2.24, 2.45) is 5.90 Å². The Labute approximate surface area is 43.7 Å². The lowest BCUT2D eigenvalue weighted by molar-refractivity contribution is 0.102. The maximum atomic E-state index is 8.52. The highest BCUT2D eigenvalue weighted by Crippen LogP contribution is 1.93. The highest BCUT2D eigenvalue weighted by molar-refractivity contribution is 4.50. The number of hydrogen-bond acceptors (Lipinski definition) is 3. The summed E-state index contributed by atoms with van der Waals surface area (Å²) in [5.41, 5.74) is -0.500. The van der Waals surface area contributed by atoms with E-state index in [1.165, 1.54) is 0 Å². The van der Waals surface area contributed by atoms with Crippen molar-refractivity contribution in [1.82, 2.24) is 0 Å². The summed E-state index contributed by atoms with van der Waals surface area (Å²) < 4.78 is 0. The van der Waals surface area contributed by atoms with E-state index in [-0.39, 0.29) is 0 Å². The molecule has 0 aliphatic heterocycles. The minimum Gasteiger partial charge on any atom is -0.391 e. The Bertz CT molecular complexity index is 25.2.